The molecule has 0 saturated carbocycles. The van der Waals surface area contributed by atoms with Crippen LogP contribution in [0, 0.1) is 20.8 Å². The molecule has 1 aliphatic rings. The van der Waals surface area contributed by atoms with Gasteiger partial charge in [-0.05, 0) is 45.7 Å². The molecule has 1 aliphatic heterocycles. The third-order valence-electron chi connectivity index (χ3n) is 4.60. The van der Waals surface area contributed by atoms with Crippen LogP contribution in [0.5, 0.6) is 0 Å². The van der Waals surface area contributed by atoms with E-state index in [9.17, 15) is 4.79 Å². The summed E-state index contributed by atoms with van der Waals surface area (Å²) in [5.74, 6) is 1.08. The Morgan fingerprint density at radius 1 is 1.26 bits per heavy atom. The van der Waals surface area contributed by atoms with Crippen LogP contribution in [0.4, 0.5) is 0 Å². The van der Waals surface area contributed by atoms with E-state index in [-0.39, 0.29) is 0 Å². The molecule has 0 aromatic carbocycles. The summed E-state index contributed by atoms with van der Waals surface area (Å²) in [5, 5.41) is 4.50. The highest BCUT2D eigenvalue weighted by Crippen LogP contribution is 2.30. The number of pyridine rings is 1. The van der Waals surface area contributed by atoms with Gasteiger partial charge in [0.2, 0.25) is 0 Å². The quantitative estimate of drug-likeness (QED) is 0.700. The number of hydrogen-bond acceptors (Lipinski definition) is 7. The van der Waals surface area contributed by atoms with E-state index in [1.54, 1.807) is 13.0 Å². The molecule has 0 aliphatic carbocycles. The van der Waals surface area contributed by atoms with Crippen LogP contribution >= 0.6 is 0 Å². The number of rotatable bonds is 4. The molecule has 8 nitrogen and oxygen atoms in total. The Kier molecular flexibility index (Phi) is 4.67. The standard InChI is InChI=1S/C19H21N3O5/c1-10-8-13(12(3)25-10)15-9-14(17-11(2)21-27-19(17)20-15)18(23)22-26-16-6-4-5-7-24-16/h8-9,16H,4-7H2,1-3H3,(H,22,23)/t16-/m1/s1. The summed E-state index contributed by atoms with van der Waals surface area (Å²) >= 11 is 0. The molecule has 3 aromatic heterocycles. The molecule has 27 heavy (non-hydrogen) atoms. The first-order valence-corrected chi connectivity index (χ1v) is 8.95. The van der Waals surface area contributed by atoms with Gasteiger partial charge in [-0.25, -0.2) is 15.3 Å². The normalized spacial score (nSPS) is 17.4. The van der Waals surface area contributed by atoms with E-state index in [1.165, 1.54) is 0 Å². The highest BCUT2D eigenvalue weighted by atomic mass is 16.8. The zero-order chi connectivity index (χ0) is 19.0. The second-order valence-corrected chi connectivity index (χ2v) is 6.68. The Morgan fingerprint density at radius 3 is 2.81 bits per heavy atom. The molecule has 4 rings (SSSR count). The van der Waals surface area contributed by atoms with E-state index in [0.29, 0.717) is 40.4 Å². The molecular formula is C19H21N3O5. The summed E-state index contributed by atoms with van der Waals surface area (Å²) in [6.07, 6.45) is 2.33. The van der Waals surface area contributed by atoms with Crippen LogP contribution in [0.3, 0.4) is 0 Å². The van der Waals surface area contributed by atoms with Crippen molar-refractivity contribution in [1.82, 2.24) is 15.6 Å². The van der Waals surface area contributed by atoms with Crippen molar-refractivity contribution in [2.45, 2.75) is 46.3 Å². The van der Waals surface area contributed by atoms with Crippen LogP contribution in [0.2, 0.25) is 0 Å². The molecule has 4 heterocycles. The van der Waals surface area contributed by atoms with Crippen LogP contribution < -0.4 is 5.48 Å². The van der Waals surface area contributed by atoms with Crippen molar-refractivity contribution in [3.05, 3.63) is 34.9 Å². The van der Waals surface area contributed by atoms with Gasteiger partial charge in [0.1, 0.15) is 11.5 Å². The number of nitrogens with one attached hydrogen (secondary N) is 1. The molecule has 142 valence electrons. The Bertz CT molecular complexity index is 985. The first kappa shape index (κ1) is 17.7. The second kappa shape index (κ2) is 7.13. The second-order valence-electron chi connectivity index (χ2n) is 6.68. The Labute approximate surface area is 155 Å². The first-order chi connectivity index (χ1) is 13.0. The number of hydrogen-bond donors (Lipinski definition) is 1. The third kappa shape index (κ3) is 3.45. The number of amides is 1. The number of hydroxylamine groups is 1. The predicted molar refractivity (Wildman–Crippen MR) is 95.9 cm³/mol. The maximum absolute atomic E-state index is 12.8. The molecule has 1 N–H and O–H groups in total. The minimum absolute atomic E-state index is 0.294. The van der Waals surface area contributed by atoms with E-state index in [1.807, 2.05) is 19.9 Å². The van der Waals surface area contributed by atoms with Crippen molar-refractivity contribution in [3.63, 3.8) is 0 Å². The summed E-state index contributed by atoms with van der Waals surface area (Å²) in [6, 6.07) is 3.57. The zero-order valence-corrected chi connectivity index (χ0v) is 15.5. The number of ether oxygens (including phenoxy) is 1. The molecular weight excluding hydrogens is 350 g/mol. The number of carbonyl (C=O) groups excluding carboxylic acids is 1. The molecule has 3 aromatic rings. The Balaban J connectivity index is 1.68. The molecule has 1 amide bonds. The van der Waals surface area contributed by atoms with Gasteiger partial charge in [0.25, 0.3) is 11.6 Å². The molecule has 8 heteroatoms. The van der Waals surface area contributed by atoms with E-state index < -0.39 is 12.2 Å². The van der Waals surface area contributed by atoms with Gasteiger partial charge in [-0.1, -0.05) is 5.16 Å². The van der Waals surface area contributed by atoms with Crippen molar-refractivity contribution in [2.24, 2.45) is 0 Å². The van der Waals surface area contributed by atoms with E-state index in [2.05, 4.69) is 15.6 Å². The van der Waals surface area contributed by atoms with Gasteiger partial charge in [-0.15, -0.1) is 0 Å². The fraction of sp³-hybridized carbons (Fsp3) is 0.421. The van der Waals surface area contributed by atoms with Gasteiger partial charge >= 0.3 is 0 Å². The van der Waals surface area contributed by atoms with Crippen molar-refractivity contribution in [2.75, 3.05) is 6.61 Å². The van der Waals surface area contributed by atoms with Crippen molar-refractivity contribution in [1.29, 1.82) is 0 Å². The number of aryl methyl sites for hydroxylation is 3. The van der Waals surface area contributed by atoms with Crippen LogP contribution in [-0.2, 0) is 9.57 Å². The lowest BCUT2D eigenvalue weighted by Gasteiger charge is -2.22. The number of aromatic nitrogens is 2. The van der Waals surface area contributed by atoms with E-state index in [4.69, 9.17) is 18.5 Å². The van der Waals surface area contributed by atoms with Crippen molar-refractivity contribution in [3.8, 4) is 11.3 Å². The highest BCUT2D eigenvalue weighted by Gasteiger charge is 2.22. The summed E-state index contributed by atoms with van der Waals surface area (Å²) < 4.78 is 16.4. The van der Waals surface area contributed by atoms with Crippen LogP contribution in [-0.4, -0.2) is 28.9 Å². The summed E-state index contributed by atoms with van der Waals surface area (Å²) in [4.78, 5) is 22.7. The van der Waals surface area contributed by atoms with E-state index >= 15 is 0 Å². The lowest BCUT2D eigenvalue weighted by atomic mass is 10.1. The summed E-state index contributed by atoms with van der Waals surface area (Å²) in [5.41, 5.74) is 5.13. The van der Waals surface area contributed by atoms with Crippen LogP contribution in [0.15, 0.2) is 21.1 Å². The van der Waals surface area contributed by atoms with Gasteiger partial charge in [-0.3, -0.25) is 4.79 Å². The maximum Gasteiger partial charge on any atom is 0.275 e. The highest BCUT2D eigenvalue weighted by molar-refractivity contribution is 6.06. The topological polar surface area (TPSA) is 99.6 Å². The number of carbonyl (C=O) groups is 1. The molecule has 1 fully saturated rings. The average Bonchev–Trinajstić information content (AvgIpc) is 3.21. The lowest BCUT2D eigenvalue weighted by molar-refractivity contribution is -0.186. The largest absolute Gasteiger partial charge is 0.466 e. The Morgan fingerprint density at radius 2 is 2.11 bits per heavy atom. The minimum atomic E-state index is -0.429. The maximum atomic E-state index is 12.8. The Hall–Kier alpha value is -2.71. The lowest BCUT2D eigenvalue weighted by Crippen LogP contribution is -2.33. The molecule has 0 unspecified atom stereocenters. The molecule has 1 atom stereocenters. The molecule has 0 radical (unpaired) electrons. The molecule has 0 bridgehead atoms. The fourth-order valence-electron chi connectivity index (χ4n) is 3.28. The van der Waals surface area contributed by atoms with Gasteiger partial charge < -0.3 is 13.7 Å². The fourth-order valence-corrected chi connectivity index (χ4v) is 3.28. The number of nitrogens with zero attached hydrogens (tertiary/aromatic N) is 2. The van der Waals surface area contributed by atoms with Crippen LogP contribution in [0.1, 0.15) is 46.8 Å². The van der Waals surface area contributed by atoms with Gasteiger partial charge in [0, 0.05) is 18.6 Å². The summed E-state index contributed by atoms with van der Waals surface area (Å²) in [7, 11) is 0. The number of fused-ring (bicyclic) bond motifs is 1. The smallest absolute Gasteiger partial charge is 0.275 e. The SMILES string of the molecule is Cc1cc(-c2cc(C(=O)NO[C@@H]3CCCCO3)c3c(C)noc3n2)c(C)o1. The van der Waals surface area contributed by atoms with Crippen LogP contribution in [0.25, 0.3) is 22.4 Å². The van der Waals surface area contributed by atoms with Crippen molar-refractivity contribution < 1.29 is 23.3 Å². The summed E-state index contributed by atoms with van der Waals surface area (Å²) in [6.45, 7) is 6.11. The van der Waals surface area contributed by atoms with Crippen molar-refractivity contribution >= 4 is 17.0 Å². The number of furan rings is 1. The zero-order valence-electron chi connectivity index (χ0n) is 15.5. The average molecular weight is 371 g/mol. The van der Waals surface area contributed by atoms with E-state index in [0.717, 1.165) is 30.6 Å². The van der Waals surface area contributed by atoms with Gasteiger partial charge in [0.15, 0.2) is 6.29 Å². The predicted octanol–water partition coefficient (Wildman–Crippen LogP) is 3.60. The molecule has 1 saturated heterocycles. The monoisotopic (exact) mass is 371 g/mol. The van der Waals surface area contributed by atoms with Gasteiger partial charge in [-0.2, -0.15) is 0 Å². The minimum Gasteiger partial charge on any atom is -0.466 e. The molecule has 0 spiro atoms. The third-order valence-corrected chi connectivity index (χ3v) is 4.60. The van der Waals surface area contributed by atoms with Gasteiger partial charge in [0.05, 0.1) is 22.3 Å². The first-order valence-electron chi connectivity index (χ1n) is 8.95.